The first-order valence-corrected chi connectivity index (χ1v) is 5.95. The molecule has 17 heavy (non-hydrogen) atoms. The number of carbonyl (C=O) groups excluding carboxylic acids is 1. The van der Waals surface area contributed by atoms with Crippen molar-refractivity contribution in [3.63, 3.8) is 0 Å². The zero-order valence-corrected chi connectivity index (χ0v) is 9.73. The van der Waals surface area contributed by atoms with Crippen LogP contribution in [0.15, 0.2) is 18.3 Å². The summed E-state index contributed by atoms with van der Waals surface area (Å²) in [6.45, 7) is 0. The maximum absolute atomic E-state index is 11.1. The average molecular weight is 234 g/mol. The summed E-state index contributed by atoms with van der Waals surface area (Å²) in [5.41, 5.74) is 11.7. The fraction of sp³-hybridized carbons (Fsp3) is 0.500. The number of primary amides is 1. The van der Waals surface area contributed by atoms with Gasteiger partial charge in [0.2, 0.25) is 5.91 Å². The Labute approximate surface area is 101 Å². The molecule has 0 spiro atoms. The molecule has 0 aromatic carbocycles. The molecule has 92 valence electrons. The molecule has 0 radical (unpaired) electrons. The monoisotopic (exact) mass is 234 g/mol. The largest absolute Gasteiger partial charge is 0.366 e. The van der Waals surface area contributed by atoms with Crippen LogP contribution in [0.25, 0.3) is 0 Å². The molecule has 1 amide bonds. The third-order valence-electron chi connectivity index (χ3n) is 3.20. The van der Waals surface area contributed by atoms with Gasteiger partial charge in [-0.3, -0.25) is 4.79 Å². The molecule has 1 aromatic heterocycles. The molecule has 0 aliphatic heterocycles. The van der Waals surface area contributed by atoms with Gasteiger partial charge in [-0.25, -0.2) is 4.98 Å². The molecule has 0 saturated heterocycles. The highest BCUT2D eigenvalue weighted by Crippen LogP contribution is 2.20. The third kappa shape index (κ3) is 2.94. The molecule has 2 atom stereocenters. The standard InChI is InChI=1S/C12H18N4O/c13-9-3-1-2-4-10(9)16-11-7-8(12(14)17)5-6-15-11/h5-7,9-10H,1-4,13H2,(H2,14,17)(H,15,16)/t9-,10-/m1/s1. The van der Waals surface area contributed by atoms with E-state index in [1.165, 1.54) is 12.8 Å². The van der Waals surface area contributed by atoms with Gasteiger partial charge in [0.1, 0.15) is 5.82 Å². The Morgan fingerprint density at radius 2 is 2.18 bits per heavy atom. The number of nitrogens with two attached hydrogens (primary N) is 2. The maximum Gasteiger partial charge on any atom is 0.248 e. The summed E-state index contributed by atoms with van der Waals surface area (Å²) in [5.74, 6) is 0.229. The van der Waals surface area contributed by atoms with E-state index < -0.39 is 5.91 Å². The second-order valence-corrected chi connectivity index (χ2v) is 4.49. The highest BCUT2D eigenvalue weighted by Gasteiger charge is 2.21. The topological polar surface area (TPSA) is 94.0 Å². The van der Waals surface area contributed by atoms with E-state index >= 15 is 0 Å². The van der Waals surface area contributed by atoms with Gasteiger partial charge in [-0.2, -0.15) is 0 Å². The van der Waals surface area contributed by atoms with Crippen LogP contribution in [0.2, 0.25) is 0 Å². The number of nitrogens with one attached hydrogen (secondary N) is 1. The van der Waals surface area contributed by atoms with E-state index in [2.05, 4.69) is 10.3 Å². The molecule has 1 saturated carbocycles. The Balaban J connectivity index is 2.07. The van der Waals surface area contributed by atoms with Crippen molar-refractivity contribution in [1.82, 2.24) is 4.98 Å². The van der Waals surface area contributed by atoms with E-state index in [1.54, 1.807) is 18.3 Å². The Morgan fingerprint density at radius 3 is 2.88 bits per heavy atom. The maximum atomic E-state index is 11.1. The fourth-order valence-corrected chi connectivity index (χ4v) is 2.19. The van der Waals surface area contributed by atoms with Crippen LogP contribution in [-0.2, 0) is 0 Å². The predicted molar refractivity (Wildman–Crippen MR) is 66.6 cm³/mol. The lowest BCUT2D eigenvalue weighted by molar-refractivity contribution is 0.1000. The van der Waals surface area contributed by atoms with Crippen molar-refractivity contribution in [2.24, 2.45) is 11.5 Å². The van der Waals surface area contributed by atoms with Crippen LogP contribution < -0.4 is 16.8 Å². The average Bonchev–Trinajstić information content (AvgIpc) is 2.32. The van der Waals surface area contributed by atoms with Gasteiger partial charge in [0.05, 0.1) is 0 Å². The van der Waals surface area contributed by atoms with E-state index in [4.69, 9.17) is 11.5 Å². The third-order valence-corrected chi connectivity index (χ3v) is 3.20. The molecule has 0 bridgehead atoms. The van der Waals surface area contributed by atoms with E-state index in [0.717, 1.165) is 12.8 Å². The molecule has 5 N–H and O–H groups in total. The first-order chi connectivity index (χ1) is 8.16. The van der Waals surface area contributed by atoms with E-state index in [0.29, 0.717) is 11.4 Å². The lowest BCUT2D eigenvalue weighted by atomic mass is 9.91. The number of anilines is 1. The van der Waals surface area contributed by atoms with Crippen LogP contribution in [0.3, 0.4) is 0 Å². The first-order valence-electron chi connectivity index (χ1n) is 5.95. The Bertz CT molecular complexity index is 407. The molecule has 1 aromatic rings. The minimum atomic E-state index is -0.441. The molecule has 0 unspecified atom stereocenters. The van der Waals surface area contributed by atoms with Crippen molar-refractivity contribution in [1.29, 1.82) is 0 Å². The summed E-state index contributed by atoms with van der Waals surface area (Å²) >= 11 is 0. The Kier molecular flexibility index (Phi) is 3.58. The fourth-order valence-electron chi connectivity index (χ4n) is 2.19. The number of hydrogen-bond acceptors (Lipinski definition) is 4. The second kappa shape index (κ2) is 5.14. The number of hydrogen-bond donors (Lipinski definition) is 3. The summed E-state index contributed by atoms with van der Waals surface area (Å²) in [4.78, 5) is 15.2. The van der Waals surface area contributed by atoms with Crippen LogP contribution in [-0.4, -0.2) is 23.0 Å². The molecule has 1 aliphatic rings. The number of rotatable bonds is 3. The second-order valence-electron chi connectivity index (χ2n) is 4.49. The highest BCUT2D eigenvalue weighted by molar-refractivity contribution is 5.93. The Hall–Kier alpha value is -1.62. The number of pyridine rings is 1. The van der Waals surface area contributed by atoms with Crippen molar-refractivity contribution in [3.05, 3.63) is 23.9 Å². The lowest BCUT2D eigenvalue weighted by Gasteiger charge is -2.29. The van der Waals surface area contributed by atoms with Gasteiger partial charge in [0.25, 0.3) is 0 Å². The van der Waals surface area contributed by atoms with Gasteiger partial charge in [0, 0.05) is 23.8 Å². The number of carbonyl (C=O) groups is 1. The minimum Gasteiger partial charge on any atom is -0.366 e. The summed E-state index contributed by atoms with van der Waals surface area (Å²) in [6.07, 6.45) is 6.03. The van der Waals surface area contributed by atoms with Crippen molar-refractivity contribution in [2.75, 3.05) is 5.32 Å². The smallest absolute Gasteiger partial charge is 0.248 e. The Morgan fingerprint density at radius 1 is 1.41 bits per heavy atom. The van der Waals surface area contributed by atoms with Crippen LogP contribution in [0.5, 0.6) is 0 Å². The summed E-state index contributed by atoms with van der Waals surface area (Å²) < 4.78 is 0. The van der Waals surface area contributed by atoms with Crippen molar-refractivity contribution >= 4 is 11.7 Å². The molecule has 5 heteroatoms. The van der Waals surface area contributed by atoms with Gasteiger partial charge in [0.15, 0.2) is 0 Å². The molecule has 1 fully saturated rings. The van der Waals surface area contributed by atoms with Gasteiger partial charge in [-0.05, 0) is 25.0 Å². The first kappa shape index (κ1) is 11.9. The molecule has 5 nitrogen and oxygen atoms in total. The molecule has 1 aliphatic carbocycles. The van der Waals surface area contributed by atoms with Gasteiger partial charge < -0.3 is 16.8 Å². The molecular weight excluding hydrogens is 216 g/mol. The zero-order valence-electron chi connectivity index (χ0n) is 9.73. The summed E-state index contributed by atoms with van der Waals surface area (Å²) in [7, 11) is 0. The van der Waals surface area contributed by atoms with Crippen LogP contribution >= 0.6 is 0 Å². The summed E-state index contributed by atoms with van der Waals surface area (Å²) in [5, 5.41) is 3.28. The number of nitrogens with zero attached hydrogens (tertiary/aromatic N) is 1. The van der Waals surface area contributed by atoms with Gasteiger partial charge in [-0.1, -0.05) is 12.8 Å². The van der Waals surface area contributed by atoms with Crippen LogP contribution in [0, 0.1) is 0 Å². The molecule has 2 rings (SSSR count). The highest BCUT2D eigenvalue weighted by atomic mass is 16.1. The predicted octanol–water partition coefficient (Wildman–Crippen LogP) is 0.862. The number of amides is 1. The normalized spacial score (nSPS) is 24.3. The van der Waals surface area contributed by atoms with Crippen LogP contribution in [0.1, 0.15) is 36.0 Å². The van der Waals surface area contributed by atoms with Gasteiger partial charge in [-0.15, -0.1) is 0 Å². The van der Waals surface area contributed by atoms with Crippen LogP contribution in [0.4, 0.5) is 5.82 Å². The van der Waals surface area contributed by atoms with Crippen molar-refractivity contribution in [3.8, 4) is 0 Å². The quantitative estimate of drug-likeness (QED) is 0.723. The SMILES string of the molecule is NC(=O)c1ccnc(N[C@@H]2CCCC[C@H]2N)c1. The minimum absolute atomic E-state index is 0.155. The molecular formula is C12H18N4O. The van der Waals surface area contributed by atoms with E-state index in [-0.39, 0.29) is 12.1 Å². The van der Waals surface area contributed by atoms with E-state index in [1.807, 2.05) is 0 Å². The van der Waals surface area contributed by atoms with E-state index in [9.17, 15) is 4.79 Å². The number of aromatic nitrogens is 1. The van der Waals surface area contributed by atoms with Crippen molar-refractivity contribution < 1.29 is 4.79 Å². The molecule has 1 heterocycles. The summed E-state index contributed by atoms with van der Waals surface area (Å²) in [6, 6.07) is 3.67. The zero-order chi connectivity index (χ0) is 12.3. The lowest BCUT2D eigenvalue weighted by Crippen LogP contribution is -2.42. The van der Waals surface area contributed by atoms with Crippen molar-refractivity contribution in [2.45, 2.75) is 37.8 Å². The van der Waals surface area contributed by atoms with Gasteiger partial charge >= 0.3 is 0 Å².